The zero-order chi connectivity index (χ0) is 15.2. The van der Waals surface area contributed by atoms with Gasteiger partial charge in [0.1, 0.15) is 5.75 Å². The van der Waals surface area contributed by atoms with Crippen LogP contribution < -0.4 is 5.73 Å². The van der Waals surface area contributed by atoms with Gasteiger partial charge in [0.05, 0.1) is 16.5 Å². The van der Waals surface area contributed by atoms with Crippen LogP contribution in [0.25, 0.3) is 0 Å². The molecule has 0 fully saturated rings. The largest absolute Gasteiger partial charge is 0.506 e. The number of unbranched alkanes of at least 4 members (excludes halogenated alkanes) is 2. The highest BCUT2D eigenvalue weighted by atomic mass is 32.2. The zero-order valence-electron chi connectivity index (χ0n) is 12.2. The van der Waals surface area contributed by atoms with E-state index in [1.54, 1.807) is 12.1 Å². The van der Waals surface area contributed by atoms with Crippen LogP contribution in [-0.2, 0) is 17.2 Å². The van der Waals surface area contributed by atoms with E-state index in [2.05, 4.69) is 6.92 Å². The fraction of sp³-hybridized carbons (Fsp3) is 0.294. The van der Waals surface area contributed by atoms with Crippen molar-refractivity contribution in [1.82, 2.24) is 0 Å². The summed E-state index contributed by atoms with van der Waals surface area (Å²) < 4.78 is 12.5. The van der Waals surface area contributed by atoms with E-state index < -0.39 is 10.8 Å². The zero-order valence-corrected chi connectivity index (χ0v) is 13.0. The third-order valence-electron chi connectivity index (χ3n) is 3.42. The van der Waals surface area contributed by atoms with Crippen LogP contribution in [0.3, 0.4) is 0 Å². The van der Waals surface area contributed by atoms with Crippen molar-refractivity contribution >= 4 is 16.5 Å². The van der Waals surface area contributed by atoms with E-state index in [4.69, 9.17) is 5.73 Å². The number of phenolic OH excluding ortho intramolecular Hbond substituents is 1. The molecule has 2 aromatic rings. The maximum absolute atomic E-state index is 12.5. The summed E-state index contributed by atoms with van der Waals surface area (Å²) in [5.41, 5.74) is 7.16. The van der Waals surface area contributed by atoms with Crippen molar-refractivity contribution in [2.45, 2.75) is 42.4 Å². The van der Waals surface area contributed by atoms with Gasteiger partial charge in [0, 0.05) is 9.79 Å². The first-order chi connectivity index (χ1) is 10.1. The first kappa shape index (κ1) is 15.6. The lowest BCUT2D eigenvalue weighted by Gasteiger charge is -2.06. The smallest absolute Gasteiger partial charge is 0.138 e. The van der Waals surface area contributed by atoms with E-state index in [0.717, 1.165) is 11.3 Å². The van der Waals surface area contributed by atoms with Gasteiger partial charge in [0.15, 0.2) is 0 Å². The fourth-order valence-corrected chi connectivity index (χ4v) is 3.22. The Morgan fingerprint density at radius 1 is 1.05 bits per heavy atom. The minimum atomic E-state index is -1.27. The van der Waals surface area contributed by atoms with Crippen molar-refractivity contribution in [2.24, 2.45) is 0 Å². The third kappa shape index (κ3) is 4.08. The summed E-state index contributed by atoms with van der Waals surface area (Å²) in [6, 6.07) is 12.5. The molecule has 3 N–H and O–H groups in total. The summed E-state index contributed by atoms with van der Waals surface area (Å²) in [6.45, 7) is 2.19. The number of hydrogen-bond donors (Lipinski definition) is 2. The Balaban J connectivity index is 2.10. The molecule has 1 atom stereocenters. The number of phenols is 1. The average molecular weight is 303 g/mol. The van der Waals surface area contributed by atoms with Crippen LogP contribution in [0.5, 0.6) is 5.75 Å². The van der Waals surface area contributed by atoms with Crippen LogP contribution in [0, 0.1) is 0 Å². The van der Waals surface area contributed by atoms with Crippen molar-refractivity contribution < 1.29 is 9.32 Å². The van der Waals surface area contributed by atoms with Gasteiger partial charge in [-0.2, -0.15) is 0 Å². The summed E-state index contributed by atoms with van der Waals surface area (Å²) in [7, 11) is -1.27. The highest BCUT2D eigenvalue weighted by molar-refractivity contribution is 7.85. The molecule has 2 rings (SSSR count). The standard InChI is InChI=1S/C17H21NO2S/c1-2-3-4-5-13-6-8-14(9-7-13)21(20)15-10-11-17(19)16(18)12-15/h6-12,19H,2-5,18H2,1H3. The lowest BCUT2D eigenvalue weighted by molar-refractivity contribution is 0.477. The number of benzene rings is 2. The minimum Gasteiger partial charge on any atom is -0.506 e. The molecule has 0 aliphatic heterocycles. The summed E-state index contributed by atoms with van der Waals surface area (Å²) in [6.07, 6.45) is 4.70. The van der Waals surface area contributed by atoms with Crippen LogP contribution in [0.2, 0.25) is 0 Å². The molecule has 0 bridgehead atoms. The molecule has 3 nitrogen and oxygen atoms in total. The average Bonchev–Trinajstić information content (AvgIpc) is 2.50. The van der Waals surface area contributed by atoms with Crippen LogP contribution >= 0.6 is 0 Å². The summed E-state index contributed by atoms with van der Waals surface area (Å²) >= 11 is 0. The maximum Gasteiger partial charge on any atom is 0.138 e. The lowest BCUT2D eigenvalue weighted by Crippen LogP contribution is -1.95. The molecule has 0 saturated carbocycles. The Labute approximate surface area is 128 Å². The van der Waals surface area contributed by atoms with Gasteiger partial charge in [-0.05, 0) is 48.7 Å². The molecule has 0 aromatic heterocycles. The van der Waals surface area contributed by atoms with Gasteiger partial charge in [0.2, 0.25) is 0 Å². The van der Waals surface area contributed by atoms with Gasteiger partial charge in [-0.1, -0.05) is 31.9 Å². The van der Waals surface area contributed by atoms with Crippen LogP contribution in [0.1, 0.15) is 31.7 Å². The first-order valence-electron chi connectivity index (χ1n) is 7.21. The van der Waals surface area contributed by atoms with Gasteiger partial charge in [-0.25, -0.2) is 4.21 Å². The Hall–Kier alpha value is -1.81. The number of hydrogen-bond acceptors (Lipinski definition) is 3. The maximum atomic E-state index is 12.5. The number of nitrogen functional groups attached to an aromatic ring is 1. The molecule has 21 heavy (non-hydrogen) atoms. The van der Waals surface area contributed by atoms with Gasteiger partial charge in [0.25, 0.3) is 0 Å². The number of nitrogens with two attached hydrogens (primary N) is 1. The van der Waals surface area contributed by atoms with E-state index in [1.165, 1.54) is 30.9 Å². The quantitative estimate of drug-likeness (QED) is 0.483. The van der Waals surface area contributed by atoms with Crippen molar-refractivity contribution in [2.75, 3.05) is 5.73 Å². The van der Waals surface area contributed by atoms with Crippen molar-refractivity contribution in [3.63, 3.8) is 0 Å². The molecule has 0 spiro atoms. The van der Waals surface area contributed by atoms with Gasteiger partial charge in [-0.3, -0.25) is 0 Å². The molecule has 0 radical (unpaired) electrons. The van der Waals surface area contributed by atoms with Crippen LogP contribution in [0.15, 0.2) is 52.3 Å². The highest BCUT2D eigenvalue weighted by Gasteiger charge is 2.09. The topological polar surface area (TPSA) is 63.3 Å². The van der Waals surface area contributed by atoms with Crippen molar-refractivity contribution in [3.8, 4) is 5.75 Å². The summed E-state index contributed by atoms with van der Waals surface area (Å²) in [5, 5.41) is 9.41. The molecule has 2 aromatic carbocycles. The molecular formula is C17H21NO2S. The van der Waals surface area contributed by atoms with Crippen LogP contribution in [0.4, 0.5) is 5.69 Å². The molecule has 0 amide bonds. The monoisotopic (exact) mass is 303 g/mol. The highest BCUT2D eigenvalue weighted by Crippen LogP contribution is 2.25. The number of aromatic hydroxyl groups is 1. The molecule has 0 saturated heterocycles. The van der Waals surface area contributed by atoms with Gasteiger partial charge in [-0.15, -0.1) is 0 Å². The summed E-state index contributed by atoms with van der Waals surface area (Å²) in [4.78, 5) is 1.35. The third-order valence-corrected chi connectivity index (χ3v) is 4.80. The number of rotatable bonds is 6. The van der Waals surface area contributed by atoms with Gasteiger partial charge >= 0.3 is 0 Å². The molecule has 0 aliphatic carbocycles. The van der Waals surface area contributed by atoms with Gasteiger partial charge < -0.3 is 10.8 Å². The molecule has 112 valence electrons. The number of anilines is 1. The first-order valence-corrected chi connectivity index (χ1v) is 8.36. The molecule has 0 heterocycles. The Kier molecular flexibility index (Phi) is 5.39. The normalized spacial score (nSPS) is 12.2. The second-order valence-corrected chi connectivity index (χ2v) is 6.57. The van der Waals surface area contributed by atoms with E-state index in [1.807, 2.05) is 24.3 Å². The Bertz CT molecular complexity index is 623. The van der Waals surface area contributed by atoms with Crippen molar-refractivity contribution in [1.29, 1.82) is 0 Å². The van der Waals surface area contributed by atoms with E-state index >= 15 is 0 Å². The van der Waals surface area contributed by atoms with E-state index in [-0.39, 0.29) is 11.4 Å². The van der Waals surface area contributed by atoms with E-state index in [0.29, 0.717) is 4.90 Å². The Morgan fingerprint density at radius 2 is 1.71 bits per heavy atom. The lowest BCUT2D eigenvalue weighted by atomic mass is 10.1. The van der Waals surface area contributed by atoms with Crippen LogP contribution in [-0.4, -0.2) is 9.32 Å². The minimum absolute atomic E-state index is 0.0158. The Morgan fingerprint density at radius 3 is 2.33 bits per heavy atom. The second kappa shape index (κ2) is 7.27. The molecule has 1 unspecified atom stereocenters. The number of aryl methyl sites for hydroxylation is 1. The summed E-state index contributed by atoms with van der Waals surface area (Å²) in [5.74, 6) is 0.0158. The SMILES string of the molecule is CCCCCc1ccc(S(=O)c2ccc(O)c(N)c2)cc1. The van der Waals surface area contributed by atoms with Crippen molar-refractivity contribution in [3.05, 3.63) is 48.0 Å². The molecule has 0 aliphatic rings. The van der Waals surface area contributed by atoms with E-state index in [9.17, 15) is 9.32 Å². The predicted molar refractivity (Wildman–Crippen MR) is 86.9 cm³/mol. The predicted octanol–water partition coefficient (Wildman–Crippen LogP) is 3.87. The molecular weight excluding hydrogens is 282 g/mol. The second-order valence-electron chi connectivity index (χ2n) is 5.09. The molecule has 4 heteroatoms. The fourth-order valence-electron chi connectivity index (χ4n) is 2.14.